The van der Waals surface area contributed by atoms with Crippen molar-refractivity contribution in [2.24, 2.45) is 4.99 Å². The van der Waals surface area contributed by atoms with Gasteiger partial charge in [0.25, 0.3) is 0 Å². The monoisotopic (exact) mass is 357 g/mol. The van der Waals surface area contributed by atoms with E-state index in [1.165, 1.54) is 0 Å². The van der Waals surface area contributed by atoms with Crippen molar-refractivity contribution in [3.8, 4) is 5.88 Å². The highest BCUT2D eigenvalue weighted by Gasteiger charge is 2.29. The van der Waals surface area contributed by atoms with Gasteiger partial charge in [-0.2, -0.15) is 0 Å². The lowest BCUT2D eigenvalue weighted by Crippen LogP contribution is -2.30. The number of aromatic nitrogens is 1. The maximum Gasteiger partial charge on any atom is 0.201 e. The molecule has 26 heavy (non-hydrogen) atoms. The molecular weight excluding hydrogens is 330 g/mol. The molecule has 2 aromatic rings. The smallest absolute Gasteiger partial charge is 0.201 e. The first-order valence-electron chi connectivity index (χ1n) is 9.55. The molecule has 0 amide bonds. The maximum atomic E-state index is 11.0. The topological polar surface area (TPSA) is 68.0 Å². The average molecular weight is 357 g/mol. The van der Waals surface area contributed by atoms with Crippen LogP contribution in [-0.2, 0) is 9.47 Å². The normalized spacial score (nSPS) is 18.2. The lowest BCUT2D eigenvalue weighted by Gasteiger charge is -2.29. The second kappa shape index (κ2) is 7.29. The molecule has 1 aromatic carbocycles. The third-order valence-electron chi connectivity index (χ3n) is 5.38. The molecule has 0 radical (unpaired) electrons. The Labute approximate surface area is 153 Å². The van der Waals surface area contributed by atoms with E-state index < -0.39 is 0 Å². The Balaban J connectivity index is 1.83. The standard InChI is InChI=1S/C20H27N3O3/c1-3-13(4-2)22-14-5-6-18-16(9-14)19(17-12-25-8-7-21-17)20(24)23(18)15-10-26-11-15/h5-6,9,13,15,22,24H,3-4,7-8,10-12H2,1-2H3. The molecule has 4 rings (SSSR count). The molecule has 2 N–H and O–H groups in total. The highest BCUT2D eigenvalue weighted by Crippen LogP contribution is 2.38. The van der Waals surface area contributed by atoms with Gasteiger partial charge in [-0.3, -0.25) is 4.99 Å². The first-order valence-corrected chi connectivity index (χ1v) is 9.55. The van der Waals surface area contributed by atoms with E-state index in [0.717, 1.165) is 40.7 Å². The number of aliphatic imine (C=N–C) groups is 1. The minimum Gasteiger partial charge on any atom is -0.494 e. The van der Waals surface area contributed by atoms with Gasteiger partial charge in [-0.1, -0.05) is 13.8 Å². The fourth-order valence-corrected chi connectivity index (χ4v) is 3.76. The highest BCUT2D eigenvalue weighted by atomic mass is 16.5. The molecule has 0 aliphatic carbocycles. The number of anilines is 1. The van der Waals surface area contributed by atoms with Crippen molar-refractivity contribution in [1.82, 2.24) is 4.57 Å². The summed E-state index contributed by atoms with van der Waals surface area (Å²) >= 11 is 0. The van der Waals surface area contributed by atoms with E-state index in [1.54, 1.807) is 0 Å². The van der Waals surface area contributed by atoms with Crippen molar-refractivity contribution in [2.75, 3.05) is 38.3 Å². The Kier molecular flexibility index (Phi) is 4.87. The van der Waals surface area contributed by atoms with Crippen molar-refractivity contribution in [2.45, 2.75) is 38.8 Å². The number of hydrogen-bond donors (Lipinski definition) is 2. The van der Waals surface area contributed by atoms with Gasteiger partial charge in [0.2, 0.25) is 5.88 Å². The van der Waals surface area contributed by atoms with Gasteiger partial charge in [-0.15, -0.1) is 0 Å². The zero-order valence-corrected chi connectivity index (χ0v) is 15.5. The lowest BCUT2D eigenvalue weighted by molar-refractivity contribution is -0.0238. The fraction of sp³-hybridized carbons (Fsp3) is 0.550. The van der Waals surface area contributed by atoms with E-state index in [-0.39, 0.29) is 11.9 Å². The minimum absolute atomic E-state index is 0.175. The molecule has 0 saturated carbocycles. The van der Waals surface area contributed by atoms with Crippen LogP contribution in [0.3, 0.4) is 0 Å². The summed E-state index contributed by atoms with van der Waals surface area (Å²) in [5, 5.41) is 15.6. The quantitative estimate of drug-likeness (QED) is 0.832. The average Bonchev–Trinajstić information content (AvgIpc) is 2.91. The number of nitrogens with zero attached hydrogens (tertiary/aromatic N) is 2. The molecule has 6 nitrogen and oxygen atoms in total. The van der Waals surface area contributed by atoms with Crippen molar-refractivity contribution >= 4 is 22.3 Å². The number of ether oxygens (including phenoxy) is 2. The molecule has 0 bridgehead atoms. The SMILES string of the molecule is CCC(CC)Nc1ccc2c(c1)c(C1=NCCOC1)c(O)n2C1COC1. The molecule has 2 aliphatic heterocycles. The number of hydrogen-bond acceptors (Lipinski definition) is 5. The van der Waals surface area contributed by atoms with E-state index in [1.807, 2.05) is 4.57 Å². The Hall–Kier alpha value is -2.05. The van der Waals surface area contributed by atoms with Gasteiger partial charge in [-0.05, 0) is 31.0 Å². The molecule has 0 atom stereocenters. The third kappa shape index (κ3) is 2.97. The van der Waals surface area contributed by atoms with Crippen LogP contribution in [0.15, 0.2) is 23.2 Å². The van der Waals surface area contributed by atoms with Gasteiger partial charge in [0.15, 0.2) is 0 Å². The summed E-state index contributed by atoms with van der Waals surface area (Å²) in [6.45, 7) is 7.37. The van der Waals surface area contributed by atoms with E-state index in [4.69, 9.17) is 9.47 Å². The van der Waals surface area contributed by atoms with Crippen LogP contribution in [0.4, 0.5) is 5.69 Å². The minimum atomic E-state index is 0.175. The van der Waals surface area contributed by atoms with Gasteiger partial charge in [0.05, 0.1) is 55.8 Å². The van der Waals surface area contributed by atoms with Gasteiger partial charge in [0, 0.05) is 17.1 Å². The fourth-order valence-electron chi connectivity index (χ4n) is 3.76. The van der Waals surface area contributed by atoms with Gasteiger partial charge in [0.1, 0.15) is 0 Å². The molecule has 0 spiro atoms. The van der Waals surface area contributed by atoms with Crippen LogP contribution in [0.5, 0.6) is 5.88 Å². The van der Waals surface area contributed by atoms with E-state index in [9.17, 15) is 5.11 Å². The van der Waals surface area contributed by atoms with Crippen molar-refractivity contribution in [3.05, 3.63) is 23.8 Å². The largest absolute Gasteiger partial charge is 0.494 e. The molecule has 1 fully saturated rings. The zero-order chi connectivity index (χ0) is 18.1. The number of benzene rings is 1. The summed E-state index contributed by atoms with van der Waals surface area (Å²) in [6.07, 6.45) is 2.15. The molecule has 6 heteroatoms. The Morgan fingerprint density at radius 2 is 2.08 bits per heavy atom. The number of rotatable bonds is 6. The van der Waals surface area contributed by atoms with E-state index >= 15 is 0 Å². The van der Waals surface area contributed by atoms with Crippen LogP contribution in [0.1, 0.15) is 38.3 Å². The maximum absolute atomic E-state index is 11.0. The molecule has 1 aromatic heterocycles. The highest BCUT2D eigenvalue weighted by molar-refractivity contribution is 6.14. The molecular formula is C20H27N3O3. The third-order valence-corrected chi connectivity index (χ3v) is 5.38. The summed E-state index contributed by atoms with van der Waals surface area (Å²) in [4.78, 5) is 4.62. The summed E-state index contributed by atoms with van der Waals surface area (Å²) in [5.41, 5.74) is 3.73. The summed E-state index contributed by atoms with van der Waals surface area (Å²) in [7, 11) is 0. The molecule has 3 heterocycles. The number of aromatic hydroxyl groups is 1. The second-order valence-electron chi connectivity index (χ2n) is 7.03. The van der Waals surface area contributed by atoms with Crippen molar-refractivity contribution < 1.29 is 14.6 Å². The summed E-state index contributed by atoms with van der Waals surface area (Å²) < 4.78 is 12.9. The van der Waals surface area contributed by atoms with Crippen LogP contribution in [-0.4, -0.2) is 54.4 Å². The van der Waals surface area contributed by atoms with Crippen LogP contribution in [0.25, 0.3) is 10.9 Å². The van der Waals surface area contributed by atoms with Crippen molar-refractivity contribution in [3.63, 3.8) is 0 Å². The summed E-state index contributed by atoms with van der Waals surface area (Å²) in [6, 6.07) is 6.94. The Morgan fingerprint density at radius 3 is 2.69 bits per heavy atom. The van der Waals surface area contributed by atoms with Gasteiger partial charge in [-0.25, -0.2) is 0 Å². The van der Waals surface area contributed by atoms with Crippen LogP contribution < -0.4 is 5.32 Å². The van der Waals surface area contributed by atoms with Crippen LogP contribution in [0, 0.1) is 0 Å². The van der Waals surface area contributed by atoms with Gasteiger partial charge < -0.3 is 24.5 Å². The Bertz CT molecular complexity index is 819. The second-order valence-corrected chi connectivity index (χ2v) is 7.03. The van der Waals surface area contributed by atoms with E-state index in [0.29, 0.717) is 39.0 Å². The Morgan fingerprint density at radius 1 is 1.27 bits per heavy atom. The van der Waals surface area contributed by atoms with Crippen LogP contribution >= 0.6 is 0 Å². The first-order chi connectivity index (χ1) is 12.7. The molecule has 140 valence electrons. The number of nitrogens with one attached hydrogen (secondary N) is 1. The molecule has 2 aliphatic rings. The summed E-state index contributed by atoms with van der Waals surface area (Å²) in [5.74, 6) is 0.275. The first kappa shape index (κ1) is 17.4. The molecule has 1 saturated heterocycles. The molecule has 0 unspecified atom stereocenters. The predicted octanol–water partition coefficient (Wildman–Crippen LogP) is 3.34. The zero-order valence-electron chi connectivity index (χ0n) is 15.5. The van der Waals surface area contributed by atoms with Crippen molar-refractivity contribution in [1.29, 1.82) is 0 Å². The lowest BCUT2D eigenvalue weighted by atomic mass is 10.1. The predicted molar refractivity (Wildman–Crippen MR) is 104 cm³/mol. The number of fused-ring (bicyclic) bond motifs is 1. The van der Waals surface area contributed by atoms with Gasteiger partial charge >= 0.3 is 0 Å². The van der Waals surface area contributed by atoms with E-state index in [2.05, 4.69) is 42.4 Å². The van der Waals surface area contributed by atoms with Crippen LogP contribution in [0.2, 0.25) is 0 Å².